The van der Waals surface area contributed by atoms with E-state index < -0.39 is 59.8 Å². The number of ketones is 1. The number of aliphatic hydroxyl groups is 2. The summed E-state index contributed by atoms with van der Waals surface area (Å²) >= 11 is 0. The van der Waals surface area contributed by atoms with Crippen molar-refractivity contribution in [2.24, 2.45) is 11.8 Å². The molecule has 0 unspecified atom stereocenters. The molecule has 9 atom stereocenters. The van der Waals surface area contributed by atoms with Gasteiger partial charge in [-0.25, -0.2) is 4.79 Å². The Kier molecular flexibility index (Phi) is 14.0. The standard InChI is InChI=1S/C33H53NO10/c1-7-8-9-13-26(21(2)17-23-14-15-25(35)27(19-23)41-5)43-32(38)24-12-10-11-16-34(24)31(37)30(36)33(39)22(3)18-28(42-6)29(44-33)20-40-4/h7,17,22-29,35,39H,1,8-16,18-20H2,2-6H3/b21-17+/t22-,23+,24+,25-,26+,27-,28+,29-,33-/m1/s1. The average molecular weight is 624 g/mol. The number of rotatable bonds is 14. The van der Waals surface area contributed by atoms with Crippen molar-refractivity contribution in [1.82, 2.24) is 4.90 Å². The maximum Gasteiger partial charge on any atom is 0.329 e. The number of amides is 1. The van der Waals surface area contributed by atoms with E-state index in [9.17, 15) is 24.6 Å². The number of ether oxygens (including phenoxy) is 5. The lowest BCUT2D eigenvalue weighted by Crippen LogP contribution is -2.63. The van der Waals surface area contributed by atoms with Gasteiger partial charge in [0.05, 0.1) is 24.9 Å². The molecule has 0 spiro atoms. The SMILES string of the molecule is C=CCCC[C@H](OC(=O)[C@@H]1CCCCN1C(=O)C(=O)[C@]1(O)O[C@H](COC)[C@@H](OC)C[C@H]1C)/C(C)=C/[C@@H]1CC[C@@H](O)[C@H](OC)C1. The van der Waals surface area contributed by atoms with Gasteiger partial charge in [-0.05, 0) is 82.6 Å². The number of likely N-dealkylation sites (tertiary alicyclic amines) is 1. The van der Waals surface area contributed by atoms with E-state index in [1.54, 1.807) is 14.0 Å². The molecule has 0 aromatic rings. The Bertz CT molecular complexity index is 1020. The van der Waals surface area contributed by atoms with Crippen molar-refractivity contribution in [1.29, 1.82) is 0 Å². The smallest absolute Gasteiger partial charge is 0.329 e. The minimum absolute atomic E-state index is 0.0708. The number of carbonyl (C=O) groups is 3. The molecule has 1 saturated carbocycles. The number of piperidine rings is 1. The van der Waals surface area contributed by atoms with Gasteiger partial charge in [0.1, 0.15) is 18.2 Å². The highest BCUT2D eigenvalue weighted by molar-refractivity contribution is 6.39. The van der Waals surface area contributed by atoms with Gasteiger partial charge in [0.25, 0.3) is 11.7 Å². The van der Waals surface area contributed by atoms with E-state index in [0.29, 0.717) is 38.5 Å². The lowest BCUT2D eigenvalue weighted by Gasteiger charge is -2.44. The van der Waals surface area contributed by atoms with Crippen LogP contribution in [0.4, 0.5) is 0 Å². The third kappa shape index (κ3) is 8.76. The van der Waals surface area contributed by atoms with Crippen LogP contribution in [0.5, 0.6) is 0 Å². The molecular weight excluding hydrogens is 570 g/mol. The van der Waals surface area contributed by atoms with Crippen LogP contribution in [0.1, 0.15) is 78.1 Å². The quantitative estimate of drug-likeness (QED) is 0.128. The molecule has 250 valence electrons. The number of nitrogens with zero attached hydrogens (tertiary/aromatic N) is 1. The van der Waals surface area contributed by atoms with Crippen molar-refractivity contribution in [2.75, 3.05) is 34.5 Å². The van der Waals surface area contributed by atoms with Crippen molar-refractivity contribution in [3.63, 3.8) is 0 Å². The third-order valence-corrected chi connectivity index (χ3v) is 9.43. The summed E-state index contributed by atoms with van der Waals surface area (Å²) in [4.78, 5) is 42.2. The molecular formula is C33H53NO10. The highest BCUT2D eigenvalue weighted by atomic mass is 16.7. The van der Waals surface area contributed by atoms with Gasteiger partial charge in [0.15, 0.2) is 0 Å². The number of hydrogen-bond acceptors (Lipinski definition) is 10. The zero-order valence-electron chi connectivity index (χ0n) is 27.1. The van der Waals surface area contributed by atoms with Gasteiger partial charge in [-0.3, -0.25) is 9.59 Å². The fourth-order valence-corrected chi connectivity index (χ4v) is 6.69. The Hall–Kier alpha value is -2.15. The minimum atomic E-state index is -2.37. The van der Waals surface area contributed by atoms with E-state index in [0.717, 1.165) is 24.8 Å². The molecule has 2 heterocycles. The first-order chi connectivity index (χ1) is 21.0. The molecule has 44 heavy (non-hydrogen) atoms. The highest BCUT2D eigenvalue weighted by Gasteiger charge is 2.55. The second-order valence-electron chi connectivity index (χ2n) is 12.5. The molecule has 11 heteroatoms. The predicted molar refractivity (Wildman–Crippen MR) is 162 cm³/mol. The number of aliphatic hydroxyl groups excluding tert-OH is 1. The number of esters is 1. The molecule has 0 bridgehead atoms. The highest BCUT2D eigenvalue weighted by Crippen LogP contribution is 2.36. The second kappa shape index (κ2) is 17.0. The van der Waals surface area contributed by atoms with Crippen LogP contribution in [0.3, 0.4) is 0 Å². The monoisotopic (exact) mass is 623 g/mol. The van der Waals surface area contributed by atoms with Crippen LogP contribution < -0.4 is 0 Å². The lowest BCUT2D eigenvalue weighted by molar-refractivity contribution is -0.291. The molecule has 2 N–H and O–H groups in total. The summed E-state index contributed by atoms with van der Waals surface area (Å²) in [7, 11) is 4.59. The van der Waals surface area contributed by atoms with Gasteiger partial charge in [-0.1, -0.05) is 19.1 Å². The van der Waals surface area contributed by atoms with Crippen molar-refractivity contribution < 1.29 is 48.3 Å². The maximum absolute atomic E-state index is 13.7. The van der Waals surface area contributed by atoms with Gasteiger partial charge in [-0.15, -0.1) is 6.58 Å². The number of hydrogen-bond donors (Lipinski definition) is 2. The summed E-state index contributed by atoms with van der Waals surface area (Å²) in [5.74, 6) is -5.57. The zero-order chi connectivity index (χ0) is 32.4. The largest absolute Gasteiger partial charge is 0.456 e. The normalized spacial score (nSPS) is 33.8. The number of Topliss-reactive ketones (excluding diaryl/α,β-unsaturated/α-hetero) is 1. The molecule has 0 aromatic carbocycles. The molecule has 2 saturated heterocycles. The Morgan fingerprint density at radius 2 is 1.82 bits per heavy atom. The molecule has 3 aliphatic rings. The predicted octanol–water partition coefficient (Wildman–Crippen LogP) is 3.10. The van der Waals surface area contributed by atoms with Crippen LogP contribution in [0.2, 0.25) is 0 Å². The first-order valence-corrected chi connectivity index (χ1v) is 16.0. The molecule has 2 aliphatic heterocycles. The summed E-state index contributed by atoms with van der Waals surface area (Å²) in [5.41, 5.74) is 0.902. The Balaban J connectivity index is 1.77. The number of carbonyl (C=O) groups excluding carboxylic acids is 3. The topological polar surface area (TPSA) is 141 Å². The van der Waals surface area contributed by atoms with Crippen LogP contribution >= 0.6 is 0 Å². The van der Waals surface area contributed by atoms with Gasteiger partial charge in [-0.2, -0.15) is 0 Å². The zero-order valence-corrected chi connectivity index (χ0v) is 27.1. The van der Waals surface area contributed by atoms with Crippen LogP contribution in [-0.4, -0.2) is 110 Å². The van der Waals surface area contributed by atoms with Crippen molar-refractivity contribution in [3.05, 3.63) is 24.3 Å². The molecule has 3 fully saturated rings. The van der Waals surface area contributed by atoms with Gasteiger partial charge in [0.2, 0.25) is 5.79 Å². The maximum atomic E-state index is 13.7. The molecule has 0 radical (unpaired) electrons. The van der Waals surface area contributed by atoms with Gasteiger partial charge >= 0.3 is 5.97 Å². The Labute approximate surface area is 261 Å². The van der Waals surface area contributed by atoms with E-state index in [4.69, 9.17) is 23.7 Å². The van der Waals surface area contributed by atoms with E-state index in [2.05, 4.69) is 12.7 Å². The van der Waals surface area contributed by atoms with Crippen LogP contribution in [0, 0.1) is 11.8 Å². The van der Waals surface area contributed by atoms with Crippen LogP contribution in [0.25, 0.3) is 0 Å². The minimum Gasteiger partial charge on any atom is -0.456 e. The molecule has 11 nitrogen and oxygen atoms in total. The average Bonchev–Trinajstić information content (AvgIpc) is 3.02. The summed E-state index contributed by atoms with van der Waals surface area (Å²) < 4.78 is 28.0. The van der Waals surface area contributed by atoms with E-state index in [1.165, 1.54) is 19.1 Å². The van der Waals surface area contributed by atoms with E-state index >= 15 is 0 Å². The third-order valence-electron chi connectivity index (χ3n) is 9.43. The van der Waals surface area contributed by atoms with Gasteiger partial charge < -0.3 is 38.8 Å². The Morgan fingerprint density at radius 1 is 1.09 bits per heavy atom. The lowest BCUT2D eigenvalue weighted by atomic mass is 9.83. The summed E-state index contributed by atoms with van der Waals surface area (Å²) in [6, 6.07) is -0.957. The van der Waals surface area contributed by atoms with Crippen LogP contribution in [-0.2, 0) is 38.1 Å². The first kappa shape index (κ1) is 36.3. The van der Waals surface area contributed by atoms with Crippen molar-refractivity contribution in [3.8, 4) is 0 Å². The number of allylic oxidation sites excluding steroid dienone is 2. The number of unbranched alkanes of at least 4 members (excludes halogenated alkanes) is 1. The first-order valence-electron chi connectivity index (χ1n) is 16.0. The van der Waals surface area contributed by atoms with Crippen molar-refractivity contribution in [2.45, 2.75) is 120 Å². The van der Waals surface area contributed by atoms with Crippen LogP contribution in [0.15, 0.2) is 24.3 Å². The van der Waals surface area contributed by atoms with Crippen molar-refractivity contribution >= 4 is 17.7 Å². The van der Waals surface area contributed by atoms with E-state index in [-0.39, 0.29) is 31.6 Å². The fraction of sp³-hybridized carbons (Fsp3) is 0.788. The summed E-state index contributed by atoms with van der Waals surface area (Å²) in [5, 5.41) is 21.6. The fourth-order valence-electron chi connectivity index (χ4n) is 6.69. The van der Waals surface area contributed by atoms with E-state index in [1.807, 2.05) is 13.0 Å². The molecule has 1 aliphatic carbocycles. The molecule has 3 rings (SSSR count). The second-order valence-corrected chi connectivity index (χ2v) is 12.5. The van der Waals surface area contributed by atoms with Gasteiger partial charge in [0, 0.05) is 33.8 Å². The molecule has 1 amide bonds. The summed E-state index contributed by atoms with van der Waals surface area (Å²) in [6.45, 7) is 7.62. The Morgan fingerprint density at radius 3 is 2.48 bits per heavy atom. The summed E-state index contributed by atoms with van der Waals surface area (Å²) in [6.07, 6.45) is 7.68. The number of methoxy groups -OCH3 is 3. The molecule has 0 aromatic heterocycles.